The van der Waals surface area contributed by atoms with Crippen molar-refractivity contribution in [1.29, 1.82) is 0 Å². The van der Waals surface area contributed by atoms with Gasteiger partial charge in [-0.2, -0.15) is 0 Å². The number of rotatable bonds is 3. The Labute approximate surface area is 128 Å². The minimum Gasteiger partial charge on any atom is -0.306 e. The highest BCUT2D eigenvalue weighted by Gasteiger charge is 2.31. The third-order valence-corrected chi connectivity index (χ3v) is 6.55. The van der Waals surface area contributed by atoms with Crippen LogP contribution in [-0.2, 0) is 0 Å². The summed E-state index contributed by atoms with van der Waals surface area (Å²) in [6.07, 6.45) is 15.7. The van der Waals surface area contributed by atoms with Gasteiger partial charge < -0.3 is 4.90 Å². The predicted molar refractivity (Wildman–Crippen MR) is 89.6 cm³/mol. The van der Waals surface area contributed by atoms with Crippen LogP contribution in [0.3, 0.4) is 0 Å². The monoisotopic (exact) mass is 292 g/mol. The maximum Gasteiger partial charge on any atom is 0.0908 e. The van der Waals surface area contributed by atoms with E-state index in [1.54, 1.807) is 0 Å². The first-order valence-electron chi connectivity index (χ1n) is 8.31. The highest BCUT2D eigenvalue weighted by Crippen LogP contribution is 2.37. The van der Waals surface area contributed by atoms with E-state index in [4.69, 9.17) is 4.99 Å². The number of allylic oxidation sites excluding steroid dienone is 1. The Hall–Kier alpha value is -0.280. The van der Waals surface area contributed by atoms with Crippen molar-refractivity contribution < 1.29 is 0 Å². The second kappa shape index (κ2) is 6.65. The largest absolute Gasteiger partial charge is 0.306 e. The molecule has 2 fully saturated rings. The molecule has 0 amide bonds. The lowest BCUT2D eigenvalue weighted by Crippen LogP contribution is -2.31. The van der Waals surface area contributed by atoms with Crippen molar-refractivity contribution in [3.05, 3.63) is 12.2 Å². The van der Waals surface area contributed by atoms with Gasteiger partial charge >= 0.3 is 0 Å². The van der Waals surface area contributed by atoms with Crippen LogP contribution < -0.4 is 0 Å². The molecule has 3 rings (SSSR count). The number of thioether (sulfide) groups is 1. The first-order valence-corrected chi connectivity index (χ1v) is 9.19. The standard InChI is InChI=1S/C17H28N2S/c1-19(2)14-10-7-13(8-11-14)9-12-17-18-15-5-3-4-6-16(15)20-17/h9,12-16H,3-8,10-11H2,1-2H3. The van der Waals surface area contributed by atoms with Gasteiger partial charge in [0, 0.05) is 11.3 Å². The topological polar surface area (TPSA) is 15.6 Å². The molecule has 0 aromatic carbocycles. The zero-order valence-electron chi connectivity index (χ0n) is 12.9. The fourth-order valence-corrected chi connectivity index (χ4v) is 5.12. The second-order valence-electron chi connectivity index (χ2n) is 6.87. The minimum absolute atomic E-state index is 0.637. The maximum atomic E-state index is 4.92. The molecule has 3 heteroatoms. The third kappa shape index (κ3) is 3.48. The van der Waals surface area contributed by atoms with Crippen molar-refractivity contribution in [2.75, 3.05) is 14.1 Å². The van der Waals surface area contributed by atoms with E-state index in [2.05, 4.69) is 31.1 Å². The summed E-state index contributed by atoms with van der Waals surface area (Å²) < 4.78 is 0. The van der Waals surface area contributed by atoms with Crippen LogP contribution in [0.1, 0.15) is 51.4 Å². The van der Waals surface area contributed by atoms with Crippen LogP contribution in [-0.4, -0.2) is 41.4 Å². The van der Waals surface area contributed by atoms with Gasteiger partial charge in [0.15, 0.2) is 0 Å². The summed E-state index contributed by atoms with van der Waals surface area (Å²) in [7, 11) is 4.43. The van der Waals surface area contributed by atoms with Crippen LogP contribution >= 0.6 is 11.8 Å². The van der Waals surface area contributed by atoms with Crippen molar-refractivity contribution in [3.8, 4) is 0 Å². The van der Waals surface area contributed by atoms with Gasteiger partial charge in [0.25, 0.3) is 0 Å². The quantitative estimate of drug-likeness (QED) is 0.777. The second-order valence-corrected chi connectivity index (χ2v) is 8.13. The molecule has 2 nitrogen and oxygen atoms in total. The number of hydrogen-bond donors (Lipinski definition) is 0. The first kappa shape index (κ1) is 14.6. The van der Waals surface area contributed by atoms with E-state index in [9.17, 15) is 0 Å². The molecule has 0 aromatic rings. The van der Waals surface area contributed by atoms with Crippen LogP contribution in [0.15, 0.2) is 17.1 Å². The molecule has 2 saturated carbocycles. The summed E-state index contributed by atoms with van der Waals surface area (Å²) in [4.78, 5) is 7.31. The summed E-state index contributed by atoms with van der Waals surface area (Å²) in [5, 5.41) is 2.12. The Kier molecular flexibility index (Phi) is 4.87. The smallest absolute Gasteiger partial charge is 0.0908 e. The molecule has 112 valence electrons. The summed E-state index contributed by atoms with van der Waals surface area (Å²) in [5.74, 6) is 0.789. The summed E-state index contributed by atoms with van der Waals surface area (Å²) in [5.41, 5.74) is 0. The van der Waals surface area contributed by atoms with E-state index in [0.717, 1.165) is 17.2 Å². The normalized spacial score (nSPS) is 38.2. The fourth-order valence-electron chi connectivity index (χ4n) is 3.82. The lowest BCUT2D eigenvalue weighted by Gasteiger charge is -2.31. The Morgan fingerprint density at radius 2 is 1.80 bits per heavy atom. The molecule has 0 radical (unpaired) electrons. The fraction of sp³-hybridized carbons (Fsp3) is 0.824. The maximum absolute atomic E-state index is 4.92. The summed E-state index contributed by atoms with van der Waals surface area (Å²) >= 11 is 2.04. The molecule has 0 bridgehead atoms. The molecule has 2 aliphatic carbocycles. The van der Waals surface area contributed by atoms with Crippen molar-refractivity contribution in [2.24, 2.45) is 10.9 Å². The molecule has 0 aromatic heterocycles. The molecule has 20 heavy (non-hydrogen) atoms. The average molecular weight is 292 g/mol. The van der Waals surface area contributed by atoms with Crippen LogP contribution in [0.4, 0.5) is 0 Å². The molecule has 2 atom stereocenters. The number of nitrogens with zero attached hydrogens (tertiary/aromatic N) is 2. The van der Waals surface area contributed by atoms with E-state index >= 15 is 0 Å². The van der Waals surface area contributed by atoms with Gasteiger partial charge in [0.1, 0.15) is 0 Å². The summed E-state index contributed by atoms with van der Waals surface area (Å²) in [6.45, 7) is 0. The van der Waals surface area contributed by atoms with Gasteiger partial charge in [-0.05, 0) is 64.6 Å². The van der Waals surface area contributed by atoms with E-state index in [1.165, 1.54) is 56.4 Å². The van der Waals surface area contributed by atoms with E-state index < -0.39 is 0 Å². The average Bonchev–Trinajstić information content (AvgIpc) is 2.88. The first-order chi connectivity index (χ1) is 9.72. The summed E-state index contributed by atoms with van der Waals surface area (Å²) in [6, 6.07) is 1.44. The van der Waals surface area contributed by atoms with Gasteiger partial charge in [-0.1, -0.05) is 18.9 Å². The molecular formula is C17H28N2S. The van der Waals surface area contributed by atoms with Gasteiger partial charge in [-0.15, -0.1) is 11.8 Å². The molecule has 1 heterocycles. The van der Waals surface area contributed by atoms with E-state index in [0.29, 0.717) is 6.04 Å². The molecule has 0 N–H and O–H groups in total. The lowest BCUT2D eigenvalue weighted by atomic mass is 9.85. The van der Waals surface area contributed by atoms with Gasteiger partial charge in [0.05, 0.1) is 11.1 Å². The Balaban J connectivity index is 1.49. The minimum atomic E-state index is 0.637. The van der Waals surface area contributed by atoms with Crippen molar-refractivity contribution in [3.63, 3.8) is 0 Å². The SMILES string of the molecule is CN(C)C1CCC(C=CC2=NC3CCCCC3S2)CC1. The van der Waals surface area contributed by atoms with Crippen molar-refractivity contribution in [2.45, 2.75) is 68.7 Å². The zero-order chi connectivity index (χ0) is 13.9. The Bertz CT molecular complexity index is 380. The van der Waals surface area contributed by atoms with Crippen molar-refractivity contribution >= 4 is 16.8 Å². The highest BCUT2D eigenvalue weighted by atomic mass is 32.2. The Morgan fingerprint density at radius 1 is 1.05 bits per heavy atom. The van der Waals surface area contributed by atoms with Gasteiger partial charge in [-0.25, -0.2) is 0 Å². The molecular weight excluding hydrogens is 264 g/mol. The van der Waals surface area contributed by atoms with Gasteiger partial charge in [0.2, 0.25) is 0 Å². The van der Waals surface area contributed by atoms with E-state index in [-0.39, 0.29) is 0 Å². The molecule has 0 spiro atoms. The molecule has 3 aliphatic rings. The third-order valence-electron chi connectivity index (χ3n) is 5.22. The number of fused-ring (bicyclic) bond motifs is 1. The zero-order valence-corrected chi connectivity index (χ0v) is 13.7. The van der Waals surface area contributed by atoms with Crippen LogP contribution in [0, 0.1) is 5.92 Å². The van der Waals surface area contributed by atoms with Crippen LogP contribution in [0.2, 0.25) is 0 Å². The molecule has 1 aliphatic heterocycles. The van der Waals surface area contributed by atoms with Crippen LogP contribution in [0.5, 0.6) is 0 Å². The van der Waals surface area contributed by atoms with E-state index in [1.807, 2.05) is 11.8 Å². The predicted octanol–water partition coefficient (Wildman–Crippen LogP) is 4.12. The van der Waals surface area contributed by atoms with Crippen molar-refractivity contribution in [1.82, 2.24) is 4.90 Å². The highest BCUT2D eigenvalue weighted by molar-refractivity contribution is 8.15. The van der Waals surface area contributed by atoms with Gasteiger partial charge in [-0.3, -0.25) is 4.99 Å². The number of aliphatic imine (C=N–C) groups is 1. The lowest BCUT2D eigenvalue weighted by molar-refractivity contribution is 0.209. The molecule has 0 saturated heterocycles. The number of hydrogen-bond acceptors (Lipinski definition) is 3. The van der Waals surface area contributed by atoms with Crippen LogP contribution in [0.25, 0.3) is 0 Å². The Morgan fingerprint density at radius 3 is 2.50 bits per heavy atom. The molecule has 2 unspecified atom stereocenters.